The van der Waals surface area contributed by atoms with E-state index in [4.69, 9.17) is 5.11 Å². The SMILES string of the molecule is O=C(O)CC(c1ccc(Br)cc1)c1ccc(Br)cc1. The fraction of sp³-hybridized carbons (Fsp3) is 0.133. The van der Waals surface area contributed by atoms with Crippen molar-refractivity contribution < 1.29 is 9.90 Å². The zero-order chi connectivity index (χ0) is 13.8. The molecule has 0 saturated heterocycles. The number of rotatable bonds is 4. The number of carbonyl (C=O) groups is 1. The van der Waals surface area contributed by atoms with E-state index < -0.39 is 5.97 Å². The molecule has 98 valence electrons. The smallest absolute Gasteiger partial charge is 0.304 e. The largest absolute Gasteiger partial charge is 0.481 e. The van der Waals surface area contributed by atoms with Gasteiger partial charge in [-0.3, -0.25) is 4.79 Å². The Morgan fingerprint density at radius 1 is 0.895 bits per heavy atom. The summed E-state index contributed by atoms with van der Waals surface area (Å²) in [5.41, 5.74) is 2.01. The molecule has 0 unspecified atom stereocenters. The van der Waals surface area contributed by atoms with Crippen LogP contribution < -0.4 is 0 Å². The highest BCUT2D eigenvalue weighted by molar-refractivity contribution is 9.10. The molecule has 4 heteroatoms. The fourth-order valence-corrected chi connectivity index (χ4v) is 2.52. The lowest BCUT2D eigenvalue weighted by atomic mass is 9.89. The van der Waals surface area contributed by atoms with Crippen molar-refractivity contribution in [1.29, 1.82) is 0 Å². The molecule has 0 bridgehead atoms. The van der Waals surface area contributed by atoms with Gasteiger partial charge in [0, 0.05) is 14.9 Å². The number of halogens is 2. The summed E-state index contributed by atoms with van der Waals surface area (Å²) in [6, 6.07) is 15.6. The maximum Gasteiger partial charge on any atom is 0.304 e. The van der Waals surface area contributed by atoms with Crippen molar-refractivity contribution in [2.24, 2.45) is 0 Å². The molecule has 0 spiro atoms. The van der Waals surface area contributed by atoms with Crippen LogP contribution in [0.3, 0.4) is 0 Å². The number of carboxylic acid groups (broad SMARTS) is 1. The zero-order valence-corrected chi connectivity index (χ0v) is 13.2. The first-order chi connectivity index (χ1) is 9.06. The van der Waals surface area contributed by atoms with Crippen LogP contribution in [0.4, 0.5) is 0 Å². The van der Waals surface area contributed by atoms with E-state index in [1.165, 1.54) is 0 Å². The average Bonchev–Trinajstić information content (AvgIpc) is 2.38. The highest BCUT2D eigenvalue weighted by Crippen LogP contribution is 2.29. The van der Waals surface area contributed by atoms with Crippen LogP contribution in [-0.4, -0.2) is 11.1 Å². The molecule has 0 aromatic heterocycles. The van der Waals surface area contributed by atoms with Gasteiger partial charge in [-0.25, -0.2) is 0 Å². The van der Waals surface area contributed by atoms with Crippen LogP contribution in [0.25, 0.3) is 0 Å². The van der Waals surface area contributed by atoms with Gasteiger partial charge in [0.05, 0.1) is 6.42 Å². The molecule has 2 nitrogen and oxygen atoms in total. The topological polar surface area (TPSA) is 37.3 Å². The molecule has 0 saturated carbocycles. The molecule has 0 atom stereocenters. The summed E-state index contributed by atoms with van der Waals surface area (Å²) in [6.07, 6.45) is 0.0866. The Morgan fingerprint density at radius 3 is 1.58 bits per heavy atom. The number of benzene rings is 2. The zero-order valence-electron chi connectivity index (χ0n) is 10.0. The van der Waals surface area contributed by atoms with Crippen LogP contribution in [-0.2, 0) is 4.79 Å². The number of carboxylic acids is 1. The van der Waals surface area contributed by atoms with Gasteiger partial charge in [-0.2, -0.15) is 0 Å². The Bertz CT molecular complexity index is 516. The standard InChI is InChI=1S/C15H12Br2O2/c16-12-5-1-10(2-6-12)14(9-15(18)19)11-3-7-13(17)8-4-11/h1-8,14H,9H2,(H,18,19). The van der Waals surface area contributed by atoms with E-state index >= 15 is 0 Å². The van der Waals surface area contributed by atoms with Gasteiger partial charge in [0.25, 0.3) is 0 Å². The lowest BCUT2D eigenvalue weighted by Gasteiger charge is -2.16. The van der Waals surface area contributed by atoms with Gasteiger partial charge in [-0.15, -0.1) is 0 Å². The molecule has 0 heterocycles. The van der Waals surface area contributed by atoms with Crippen LogP contribution in [0.2, 0.25) is 0 Å². The first kappa shape index (κ1) is 14.3. The Balaban J connectivity index is 2.37. The second kappa shape index (κ2) is 6.35. The van der Waals surface area contributed by atoms with Crippen LogP contribution in [0.1, 0.15) is 23.5 Å². The van der Waals surface area contributed by atoms with E-state index in [0.29, 0.717) is 0 Å². The van der Waals surface area contributed by atoms with Crippen molar-refractivity contribution in [3.05, 3.63) is 68.6 Å². The molecule has 0 fully saturated rings. The van der Waals surface area contributed by atoms with Gasteiger partial charge in [-0.05, 0) is 35.4 Å². The molecule has 0 amide bonds. The van der Waals surface area contributed by atoms with Crippen LogP contribution in [0.5, 0.6) is 0 Å². The molecule has 0 aliphatic carbocycles. The molecular formula is C15H12Br2O2. The third kappa shape index (κ3) is 3.91. The Labute approximate surface area is 128 Å². The number of aliphatic carboxylic acids is 1. The number of hydrogen-bond acceptors (Lipinski definition) is 1. The molecule has 0 radical (unpaired) electrons. The lowest BCUT2D eigenvalue weighted by molar-refractivity contribution is -0.137. The molecular weight excluding hydrogens is 372 g/mol. The molecule has 0 aliphatic heterocycles. The van der Waals surface area contributed by atoms with Gasteiger partial charge in [0.1, 0.15) is 0 Å². The molecule has 2 aromatic carbocycles. The maximum absolute atomic E-state index is 11.1. The normalized spacial score (nSPS) is 10.7. The first-order valence-electron chi connectivity index (χ1n) is 5.79. The molecule has 19 heavy (non-hydrogen) atoms. The predicted molar refractivity (Wildman–Crippen MR) is 82.4 cm³/mol. The average molecular weight is 384 g/mol. The number of hydrogen-bond donors (Lipinski definition) is 1. The highest BCUT2D eigenvalue weighted by Gasteiger charge is 2.17. The summed E-state index contributed by atoms with van der Waals surface area (Å²) < 4.78 is 1.97. The summed E-state index contributed by atoms with van der Waals surface area (Å²) in [5, 5.41) is 9.10. The first-order valence-corrected chi connectivity index (χ1v) is 7.37. The summed E-state index contributed by atoms with van der Waals surface area (Å²) in [4.78, 5) is 11.1. The molecule has 0 aliphatic rings. The van der Waals surface area contributed by atoms with Crippen molar-refractivity contribution in [1.82, 2.24) is 0 Å². The molecule has 2 rings (SSSR count). The van der Waals surface area contributed by atoms with Crippen molar-refractivity contribution in [3.8, 4) is 0 Å². The third-order valence-electron chi connectivity index (χ3n) is 2.92. The highest BCUT2D eigenvalue weighted by atomic mass is 79.9. The van der Waals surface area contributed by atoms with E-state index in [9.17, 15) is 4.79 Å². The second-order valence-corrected chi connectivity index (χ2v) is 6.08. The van der Waals surface area contributed by atoms with E-state index in [-0.39, 0.29) is 12.3 Å². The van der Waals surface area contributed by atoms with E-state index in [2.05, 4.69) is 31.9 Å². The van der Waals surface area contributed by atoms with Gasteiger partial charge in [0.2, 0.25) is 0 Å². The van der Waals surface area contributed by atoms with Crippen LogP contribution in [0, 0.1) is 0 Å². The van der Waals surface area contributed by atoms with Gasteiger partial charge in [0.15, 0.2) is 0 Å². The van der Waals surface area contributed by atoms with E-state index in [1.54, 1.807) is 0 Å². The molecule has 2 aromatic rings. The Kier molecular flexibility index (Phi) is 4.77. The minimum atomic E-state index is -0.796. The van der Waals surface area contributed by atoms with Gasteiger partial charge >= 0.3 is 5.97 Å². The minimum absolute atomic E-state index is 0.0866. The van der Waals surface area contributed by atoms with Crippen LogP contribution >= 0.6 is 31.9 Å². The second-order valence-electron chi connectivity index (χ2n) is 4.25. The van der Waals surface area contributed by atoms with E-state index in [1.807, 2.05) is 48.5 Å². The minimum Gasteiger partial charge on any atom is -0.481 e. The summed E-state index contributed by atoms with van der Waals surface area (Å²) in [5.74, 6) is -0.922. The quantitative estimate of drug-likeness (QED) is 0.821. The summed E-state index contributed by atoms with van der Waals surface area (Å²) in [6.45, 7) is 0. The predicted octanol–water partition coefficient (Wildman–Crippen LogP) is 4.82. The van der Waals surface area contributed by atoms with E-state index in [0.717, 1.165) is 20.1 Å². The van der Waals surface area contributed by atoms with Crippen molar-refractivity contribution in [2.45, 2.75) is 12.3 Å². The van der Waals surface area contributed by atoms with Crippen molar-refractivity contribution in [2.75, 3.05) is 0 Å². The lowest BCUT2D eigenvalue weighted by Crippen LogP contribution is -2.07. The van der Waals surface area contributed by atoms with Crippen molar-refractivity contribution >= 4 is 37.8 Å². The summed E-state index contributed by atoms with van der Waals surface area (Å²) >= 11 is 6.78. The Hall–Kier alpha value is -1.13. The third-order valence-corrected chi connectivity index (χ3v) is 3.98. The van der Waals surface area contributed by atoms with Gasteiger partial charge in [-0.1, -0.05) is 56.1 Å². The van der Waals surface area contributed by atoms with Gasteiger partial charge < -0.3 is 5.11 Å². The fourth-order valence-electron chi connectivity index (χ4n) is 1.99. The van der Waals surface area contributed by atoms with Crippen molar-refractivity contribution in [3.63, 3.8) is 0 Å². The summed E-state index contributed by atoms with van der Waals surface area (Å²) in [7, 11) is 0. The van der Waals surface area contributed by atoms with Crippen LogP contribution in [0.15, 0.2) is 57.5 Å². The monoisotopic (exact) mass is 382 g/mol. The maximum atomic E-state index is 11.1. The Morgan fingerprint density at radius 2 is 1.26 bits per heavy atom. The molecule has 1 N–H and O–H groups in total.